The molecule has 0 saturated carbocycles. The van der Waals surface area contributed by atoms with Crippen LogP contribution in [0.25, 0.3) is 11.8 Å². The van der Waals surface area contributed by atoms with Crippen molar-refractivity contribution in [3.8, 4) is 5.69 Å². The first kappa shape index (κ1) is 18.1. The number of nitrogens with zero attached hydrogens (tertiary/aromatic N) is 1. The van der Waals surface area contributed by atoms with E-state index in [1.54, 1.807) is 12.1 Å². The van der Waals surface area contributed by atoms with Crippen LogP contribution in [-0.4, -0.2) is 28.3 Å². The monoisotopic (exact) mass is 366 g/mol. The molecule has 1 aliphatic heterocycles. The summed E-state index contributed by atoms with van der Waals surface area (Å²) >= 11 is 0. The maximum Gasteiger partial charge on any atom is 0.328 e. The zero-order valence-corrected chi connectivity index (χ0v) is 15.0. The van der Waals surface area contributed by atoms with Crippen molar-refractivity contribution in [2.75, 3.05) is 5.32 Å². The third-order valence-electron chi connectivity index (χ3n) is 4.16. The van der Waals surface area contributed by atoms with Gasteiger partial charge in [0.15, 0.2) is 0 Å². The molecule has 0 atom stereocenters. The fraction of sp³-hybridized carbons (Fsp3) is 0.158. The highest BCUT2D eigenvalue weighted by Crippen LogP contribution is 2.24. The minimum absolute atomic E-state index is 0.129. The SMILES string of the molecule is CC(=O)Nc1ccc(-n2c(C)cc(C=C3C(=O)NC(=O)NC3=O)c2C)cc1. The first-order valence-corrected chi connectivity index (χ1v) is 8.21. The van der Waals surface area contributed by atoms with Gasteiger partial charge in [-0.15, -0.1) is 0 Å². The second-order valence-electron chi connectivity index (χ2n) is 6.19. The summed E-state index contributed by atoms with van der Waals surface area (Å²) in [5.41, 5.74) is 3.85. The lowest BCUT2D eigenvalue weighted by Gasteiger charge is -2.14. The average molecular weight is 366 g/mol. The van der Waals surface area contributed by atoms with Crippen molar-refractivity contribution in [3.05, 3.63) is 52.9 Å². The Morgan fingerprint density at radius 3 is 2.19 bits per heavy atom. The highest BCUT2D eigenvalue weighted by atomic mass is 16.2. The number of carbonyl (C=O) groups excluding carboxylic acids is 4. The number of hydrogen-bond donors (Lipinski definition) is 3. The molecule has 0 bridgehead atoms. The standard InChI is InChI=1S/C19H18N4O4/c1-10-8-13(9-16-17(25)21-19(27)22-18(16)26)11(2)23(10)15-6-4-14(5-7-15)20-12(3)24/h4-9H,1-3H3,(H,20,24)(H2,21,22,25,26,27). The summed E-state index contributed by atoms with van der Waals surface area (Å²) in [6.07, 6.45) is 1.46. The fourth-order valence-corrected chi connectivity index (χ4v) is 2.99. The molecule has 27 heavy (non-hydrogen) atoms. The van der Waals surface area contributed by atoms with Gasteiger partial charge < -0.3 is 9.88 Å². The Balaban J connectivity index is 1.97. The highest BCUT2D eigenvalue weighted by Gasteiger charge is 2.28. The summed E-state index contributed by atoms with van der Waals surface area (Å²) in [5, 5.41) is 6.82. The van der Waals surface area contributed by atoms with Gasteiger partial charge in [0.1, 0.15) is 5.57 Å². The van der Waals surface area contributed by atoms with Crippen LogP contribution in [0.3, 0.4) is 0 Å². The van der Waals surface area contributed by atoms with Crippen molar-refractivity contribution in [2.45, 2.75) is 20.8 Å². The number of aryl methyl sites for hydroxylation is 1. The summed E-state index contributed by atoms with van der Waals surface area (Å²) in [7, 11) is 0. The van der Waals surface area contributed by atoms with Crippen molar-refractivity contribution in [3.63, 3.8) is 0 Å². The van der Waals surface area contributed by atoms with Crippen molar-refractivity contribution >= 4 is 35.5 Å². The quantitative estimate of drug-likeness (QED) is 0.568. The van der Waals surface area contributed by atoms with Crippen LogP contribution >= 0.6 is 0 Å². The van der Waals surface area contributed by atoms with E-state index in [1.807, 2.05) is 36.6 Å². The molecule has 1 saturated heterocycles. The van der Waals surface area contributed by atoms with Gasteiger partial charge in [0, 0.05) is 29.7 Å². The average Bonchev–Trinajstić information content (AvgIpc) is 2.85. The number of carbonyl (C=O) groups is 4. The molecule has 1 aliphatic rings. The molecular formula is C19H18N4O4. The molecule has 2 heterocycles. The van der Waals surface area contributed by atoms with E-state index < -0.39 is 17.8 Å². The Kier molecular flexibility index (Phi) is 4.64. The lowest BCUT2D eigenvalue weighted by Crippen LogP contribution is -2.51. The first-order chi connectivity index (χ1) is 12.8. The number of rotatable bonds is 3. The number of aromatic nitrogens is 1. The Hall–Kier alpha value is -3.68. The van der Waals surface area contributed by atoms with Gasteiger partial charge in [-0.05, 0) is 55.8 Å². The summed E-state index contributed by atoms with van der Waals surface area (Å²) in [5.74, 6) is -1.60. The molecule has 2 aromatic rings. The zero-order chi connectivity index (χ0) is 19.7. The summed E-state index contributed by atoms with van der Waals surface area (Å²) in [4.78, 5) is 46.1. The van der Waals surface area contributed by atoms with Crippen LogP contribution < -0.4 is 16.0 Å². The van der Waals surface area contributed by atoms with Gasteiger partial charge in [-0.1, -0.05) is 0 Å². The lowest BCUT2D eigenvalue weighted by atomic mass is 10.1. The van der Waals surface area contributed by atoms with Crippen LogP contribution in [0.5, 0.6) is 0 Å². The molecule has 1 fully saturated rings. The van der Waals surface area contributed by atoms with Gasteiger partial charge in [0.2, 0.25) is 5.91 Å². The van der Waals surface area contributed by atoms with E-state index in [1.165, 1.54) is 13.0 Å². The van der Waals surface area contributed by atoms with E-state index in [-0.39, 0.29) is 11.5 Å². The number of anilines is 1. The summed E-state index contributed by atoms with van der Waals surface area (Å²) in [6, 6.07) is 8.33. The zero-order valence-electron chi connectivity index (χ0n) is 15.0. The van der Waals surface area contributed by atoms with Crippen molar-refractivity contribution < 1.29 is 19.2 Å². The molecule has 0 radical (unpaired) electrons. The number of hydrogen-bond acceptors (Lipinski definition) is 4. The van der Waals surface area contributed by atoms with Gasteiger partial charge in [-0.3, -0.25) is 25.0 Å². The molecule has 3 N–H and O–H groups in total. The van der Waals surface area contributed by atoms with Crippen molar-refractivity contribution in [1.29, 1.82) is 0 Å². The first-order valence-electron chi connectivity index (χ1n) is 8.21. The minimum Gasteiger partial charge on any atom is -0.326 e. The molecule has 5 amide bonds. The summed E-state index contributed by atoms with van der Waals surface area (Å²) in [6.45, 7) is 5.21. The van der Waals surface area contributed by atoms with Gasteiger partial charge in [-0.2, -0.15) is 0 Å². The van der Waals surface area contributed by atoms with E-state index in [0.29, 0.717) is 11.3 Å². The second-order valence-corrected chi connectivity index (χ2v) is 6.19. The Bertz CT molecular complexity index is 977. The maximum absolute atomic E-state index is 11.9. The highest BCUT2D eigenvalue weighted by molar-refractivity contribution is 6.31. The predicted molar refractivity (Wildman–Crippen MR) is 99.2 cm³/mol. The molecular weight excluding hydrogens is 348 g/mol. The smallest absolute Gasteiger partial charge is 0.326 e. The number of urea groups is 1. The fourth-order valence-electron chi connectivity index (χ4n) is 2.99. The van der Waals surface area contributed by atoms with Crippen LogP contribution in [-0.2, 0) is 14.4 Å². The third kappa shape index (κ3) is 3.64. The Morgan fingerprint density at radius 1 is 1.04 bits per heavy atom. The molecule has 8 heteroatoms. The van der Waals surface area contributed by atoms with E-state index >= 15 is 0 Å². The third-order valence-corrected chi connectivity index (χ3v) is 4.16. The van der Waals surface area contributed by atoms with Crippen LogP contribution in [0.15, 0.2) is 35.9 Å². The molecule has 1 aromatic carbocycles. The Labute approximate surface area is 155 Å². The van der Waals surface area contributed by atoms with Crippen LogP contribution in [0.4, 0.5) is 10.5 Å². The van der Waals surface area contributed by atoms with E-state index in [4.69, 9.17) is 0 Å². The Morgan fingerprint density at radius 2 is 1.63 bits per heavy atom. The maximum atomic E-state index is 11.9. The molecule has 1 aromatic heterocycles. The lowest BCUT2D eigenvalue weighted by molar-refractivity contribution is -0.124. The molecule has 0 unspecified atom stereocenters. The van der Waals surface area contributed by atoms with E-state index in [9.17, 15) is 19.2 Å². The van der Waals surface area contributed by atoms with Crippen LogP contribution in [0.1, 0.15) is 23.9 Å². The van der Waals surface area contributed by atoms with Crippen LogP contribution in [0, 0.1) is 13.8 Å². The number of amides is 5. The van der Waals surface area contributed by atoms with Gasteiger partial charge in [0.05, 0.1) is 0 Å². The number of benzene rings is 1. The second kappa shape index (κ2) is 6.91. The molecule has 0 spiro atoms. The minimum atomic E-state index is -0.827. The van der Waals surface area contributed by atoms with Gasteiger partial charge in [0.25, 0.3) is 11.8 Å². The molecule has 0 aliphatic carbocycles. The largest absolute Gasteiger partial charge is 0.328 e. The molecule has 8 nitrogen and oxygen atoms in total. The number of nitrogens with one attached hydrogen (secondary N) is 3. The number of imide groups is 2. The topological polar surface area (TPSA) is 109 Å². The molecule has 3 rings (SSSR count). The van der Waals surface area contributed by atoms with Gasteiger partial charge in [-0.25, -0.2) is 4.79 Å². The number of barbiturate groups is 1. The van der Waals surface area contributed by atoms with E-state index in [0.717, 1.165) is 17.1 Å². The van der Waals surface area contributed by atoms with Gasteiger partial charge >= 0.3 is 6.03 Å². The molecule has 138 valence electrons. The normalized spacial score (nSPS) is 13.9. The van der Waals surface area contributed by atoms with Crippen molar-refractivity contribution in [2.24, 2.45) is 0 Å². The summed E-state index contributed by atoms with van der Waals surface area (Å²) < 4.78 is 1.97. The van der Waals surface area contributed by atoms with E-state index in [2.05, 4.69) is 16.0 Å². The van der Waals surface area contributed by atoms with Crippen LogP contribution in [0.2, 0.25) is 0 Å². The van der Waals surface area contributed by atoms with Crippen molar-refractivity contribution in [1.82, 2.24) is 15.2 Å². The predicted octanol–water partition coefficient (Wildman–Crippen LogP) is 1.80.